The molecule has 0 saturated heterocycles. The van der Waals surface area contributed by atoms with Crippen molar-refractivity contribution in [3.05, 3.63) is 45.5 Å². The van der Waals surface area contributed by atoms with Crippen LogP contribution in [-0.4, -0.2) is 18.4 Å². The number of ketones is 1. The van der Waals surface area contributed by atoms with E-state index in [0.29, 0.717) is 0 Å². The highest BCUT2D eigenvalue weighted by atomic mass is 35.5. The van der Waals surface area contributed by atoms with Gasteiger partial charge in [0.05, 0.1) is 17.2 Å². The first-order valence-electron chi connectivity index (χ1n) is 5.42. The van der Waals surface area contributed by atoms with Crippen LogP contribution in [0, 0.1) is 11.0 Å². The molecule has 1 aromatic rings. The predicted octanol–water partition coefficient (Wildman–Crippen LogP) is 1.14. The van der Waals surface area contributed by atoms with Crippen LogP contribution in [-0.2, 0) is 9.53 Å². The average Bonchev–Trinajstić information content (AvgIpc) is 2.36. The van der Waals surface area contributed by atoms with Crippen molar-refractivity contribution < 1.29 is 23.8 Å². The lowest BCUT2D eigenvalue weighted by Crippen LogP contribution is -2.98. The SMILES string of the molecule is CCOC(=O)C1=C[NH+]([O-])c2cc(Cl)c(F)cc2C1=O. The summed E-state index contributed by atoms with van der Waals surface area (Å²) < 4.78 is 18.0. The van der Waals surface area contributed by atoms with Crippen LogP contribution < -0.4 is 5.06 Å². The maximum Gasteiger partial charge on any atom is 0.347 e. The molecule has 1 aliphatic heterocycles. The minimum atomic E-state index is -0.901. The van der Waals surface area contributed by atoms with Gasteiger partial charge in [-0.1, -0.05) is 11.6 Å². The number of carbonyl (C=O) groups is 2. The number of hydroxylamine groups is 1. The normalized spacial score (nSPS) is 17.8. The number of ether oxygens (including phenoxy) is 1. The summed E-state index contributed by atoms with van der Waals surface area (Å²) >= 11 is 5.56. The molecule has 5 nitrogen and oxygen atoms in total. The minimum absolute atomic E-state index is 0.0237. The Labute approximate surface area is 112 Å². The Balaban J connectivity index is 2.49. The number of rotatable bonds is 2. The molecule has 7 heteroatoms. The third-order valence-electron chi connectivity index (χ3n) is 2.59. The topological polar surface area (TPSA) is 70.9 Å². The lowest BCUT2D eigenvalue weighted by Gasteiger charge is -2.24. The molecule has 1 heterocycles. The van der Waals surface area contributed by atoms with E-state index < -0.39 is 28.2 Å². The Hall–Kier alpha value is -1.76. The second kappa shape index (κ2) is 5.08. The second-order valence-electron chi connectivity index (χ2n) is 3.78. The number of hydrogen-bond donors (Lipinski definition) is 1. The van der Waals surface area contributed by atoms with Gasteiger partial charge >= 0.3 is 5.97 Å². The summed E-state index contributed by atoms with van der Waals surface area (Å²) in [6, 6.07) is 1.93. The van der Waals surface area contributed by atoms with Gasteiger partial charge in [0.25, 0.3) is 0 Å². The van der Waals surface area contributed by atoms with E-state index >= 15 is 0 Å². The van der Waals surface area contributed by atoms with E-state index in [2.05, 4.69) is 4.74 Å². The Morgan fingerprint density at radius 2 is 2.21 bits per heavy atom. The van der Waals surface area contributed by atoms with E-state index in [4.69, 9.17) is 11.6 Å². The number of esters is 1. The number of benzene rings is 1. The number of fused-ring (bicyclic) bond motifs is 1. The summed E-state index contributed by atoms with van der Waals surface area (Å²) in [6.07, 6.45) is 0.886. The number of hydrogen-bond acceptors (Lipinski definition) is 4. The van der Waals surface area contributed by atoms with Gasteiger partial charge in [0.15, 0.2) is 5.57 Å². The molecule has 19 heavy (non-hydrogen) atoms. The van der Waals surface area contributed by atoms with Crippen molar-refractivity contribution in [3.8, 4) is 0 Å². The highest BCUT2D eigenvalue weighted by molar-refractivity contribution is 6.32. The molecular weight excluding hydrogens is 277 g/mol. The van der Waals surface area contributed by atoms with Gasteiger partial charge in [-0.15, -0.1) is 0 Å². The fraction of sp³-hybridized carbons (Fsp3) is 0.167. The Bertz CT molecular complexity index is 600. The molecule has 0 aromatic heterocycles. The van der Waals surface area contributed by atoms with Crippen LogP contribution in [0.4, 0.5) is 10.1 Å². The van der Waals surface area contributed by atoms with Gasteiger partial charge < -0.3 is 15.0 Å². The van der Waals surface area contributed by atoms with Crippen LogP contribution in [0.25, 0.3) is 0 Å². The van der Waals surface area contributed by atoms with E-state index in [0.717, 1.165) is 18.3 Å². The fourth-order valence-electron chi connectivity index (χ4n) is 1.72. The standard InChI is InChI=1S/C12H9ClFNO4/c1-2-19-12(17)7-5-15(18)10-4-8(13)9(14)3-6(10)11(7)16/h3-5,15H,2H2,1H3. The third-order valence-corrected chi connectivity index (χ3v) is 2.88. The summed E-state index contributed by atoms with van der Waals surface area (Å²) in [7, 11) is 0. The quantitative estimate of drug-likeness (QED) is 0.502. The smallest absolute Gasteiger partial charge is 0.347 e. The van der Waals surface area contributed by atoms with Gasteiger partial charge in [0.2, 0.25) is 5.78 Å². The molecule has 0 bridgehead atoms. The second-order valence-corrected chi connectivity index (χ2v) is 4.19. The van der Waals surface area contributed by atoms with Gasteiger partial charge in [-0.3, -0.25) is 4.79 Å². The summed E-state index contributed by atoms with van der Waals surface area (Å²) in [5.74, 6) is -2.47. The molecule has 2 rings (SSSR count). The zero-order valence-electron chi connectivity index (χ0n) is 9.83. The van der Waals surface area contributed by atoms with E-state index in [1.165, 1.54) is 0 Å². The molecule has 0 radical (unpaired) electrons. The van der Waals surface area contributed by atoms with E-state index in [-0.39, 0.29) is 22.9 Å². The minimum Gasteiger partial charge on any atom is -0.624 e. The van der Waals surface area contributed by atoms with Crippen molar-refractivity contribution >= 4 is 29.0 Å². The van der Waals surface area contributed by atoms with Gasteiger partial charge in [-0.2, -0.15) is 0 Å². The summed E-state index contributed by atoms with van der Waals surface area (Å²) in [5, 5.41) is 11.0. The first-order valence-corrected chi connectivity index (χ1v) is 5.80. The molecule has 0 amide bonds. The van der Waals surface area contributed by atoms with Crippen LogP contribution >= 0.6 is 11.6 Å². The number of halogens is 2. The summed E-state index contributed by atoms with van der Waals surface area (Å²) in [4.78, 5) is 23.5. The summed E-state index contributed by atoms with van der Waals surface area (Å²) in [6.45, 7) is 1.64. The van der Waals surface area contributed by atoms with Crippen LogP contribution in [0.1, 0.15) is 17.3 Å². The first kappa shape index (κ1) is 13.7. The van der Waals surface area contributed by atoms with Crippen molar-refractivity contribution in [3.63, 3.8) is 0 Å². The zero-order chi connectivity index (χ0) is 14.2. The lowest BCUT2D eigenvalue weighted by molar-refractivity contribution is -0.715. The first-order chi connectivity index (χ1) is 8.95. The fourth-order valence-corrected chi connectivity index (χ4v) is 1.88. The average molecular weight is 286 g/mol. The maximum atomic E-state index is 13.4. The largest absolute Gasteiger partial charge is 0.624 e. The van der Waals surface area contributed by atoms with Gasteiger partial charge in [0.1, 0.15) is 17.7 Å². The van der Waals surface area contributed by atoms with Crippen LogP contribution in [0.2, 0.25) is 5.02 Å². The van der Waals surface area contributed by atoms with Crippen molar-refractivity contribution in [1.82, 2.24) is 0 Å². The predicted molar refractivity (Wildman–Crippen MR) is 64.4 cm³/mol. The monoisotopic (exact) mass is 285 g/mol. The maximum absolute atomic E-state index is 13.4. The van der Waals surface area contributed by atoms with Crippen LogP contribution in [0.15, 0.2) is 23.9 Å². The number of nitrogens with one attached hydrogen (secondary N) is 1. The van der Waals surface area contributed by atoms with Gasteiger partial charge in [-0.25, -0.2) is 9.18 Å². The number of Topliss-reactive ketones (excluding diaryl/α,β-unsaturated/α-hetero) is 1. The highest BCUT2D eigenvalue weighted by Crippen LogP contribution is 2.26. The van der Waals surface area contributed by atoms with Gasteiger partial charge in [0, 0.05) is 6.07 Å². The van der Waals surface area contributed by atoms with Crippen LogP contribution in [0.5, 0.6) is 0 Å². The number of carbonyl (C=O) groups excluding carboxylic acids is 2. The third kappa shape index (κ3) is 2.37. The molecule has 0 fully saturated rings. The highest BCUT2D eigenvalue weighted by Gasteiger charge is 2.32. The molecule has 1 aliphatic rings. The molecular formula is C12H9ClFNO4. The zero-order valence-corrected chi connectivity index (χ0v) is 10.6. The Kier molecular flexibility index (Phi) is 3.66. The summed E-state index contributed by atoms with van der Waals surface area (Å²) in [5.41, 5.74) is -0.608. The van der Waals surface area contributed by atoms with Crippen molar-refractivity contribution in [2.45, 2.75) is 6.92 Å². The lowest BCUT2D eigenvalue weighted by atomic mass is 9.99. The van der Waals surface area contributed by atoms with Crippen molar-refractivity contribution in [2.75, 3.05) is 6.61 Å². The van der Waals surface area contributed by atoms with E-state index in [9.17, 15) is 19.2 Å². The van der Waals surface area contributed by atoms with Crippen molar-refractivity contribution in [2.24, 2.45) is 0 Å². The molecule has 0 spiro atoms. The van der Waals surface area contributed by atoms with E-state index in [1.807, 2.05) is 0 Å². The Morgan fingerprint density at radius 3 is 2.84 bits per heavy atom. The molecule has 0 saturated carbocycles. The molecule has 0 aliphatic carbocycles. The number of quaternary nitrogens is 1. The molecule has 1 unspecified atom stereocenters. The Morgan fingerprint density at radius 1 is 1.53 bits per heavy atom. The molecule has 100 valence electrons. The molecule has 1 aromatic carbocycles. The molecule has 1 atom stereocenters. The van der Waals surface area contributed by atoms with E-state index in [1.54, 1.807) is 6.92 Å². The molecule has 1 N–H and O–H groups in total. The van der Waals surface area contributed by atoms with Crippen LogP contribution in [0.3, 0.4) is 0 Å². The van der Waals surface area contributed by atoms with Gasteiger partial charge in [-0.05, 0) is 13.0 Å². The van der Waals surface area contributed by atoms with Crippen molar-refractivity contribution in [1.29, 1.82) is 0 Å².